The minimum atomic E-state index is -0.783. The van der Waals surface area contributed by atoms with Gasteiger partial charge in [0.15, 0.2) is 12.4 Å². The fraction of sp³-hybridized carbons (Fsp3) is 0.472. The zero-order valence-corrected chi connectivity index (χ0v) is 28.4. The Labute approximate surface area is 280 Å². The van der Waals surface area contributed by atoms with Crippen molar-refractivity contribution in [3.63, 3.8) is 0 Å². The van der Waals surface area contributed by atoms with Crippen LogP contribution in [0, 0.1) is 0 Å². The highest BCUT2D eigenvalue weighted by atomic mass is 16.6. The van der Waals surface area contributed by atoms with E-state index in [9.17, 15) is 24.0 Å². The van der Waals surface area contributed by atoms with E-state index in [4.69, 9.17) is 23.7 Å². The number of rotatable bonds is 9. The number of ether oxygens (including phenoxy) is 5. The number of benzene rings is 2. The SMILES string of the molecule is CC(C)(C)OC(=O)N1CCCC1C(=O)OC=Cc1ccc(Oc2ccc(C(=O)COC(=O)C3CCCN3C(=O)OC(C)(C)C)cc2)cc1. The summed E-state index contributed by atoms with van der Waals surface area (Å²) in [6.45, 7) is 11.0. The number of hydrogen-bond acceptors (Lipinski definition) is 10. The number of carbonyl (C=O) groups is 5. The van der Waals surface area contributed by atoms with Gasteiger partial charge in [-0.2, -0.15) is 0 Å². The van der Waals surface area contributed by atoms with E-state index in [0.717, 1.165) is 5.56 Å². The molecule has 4 rings (SSSR count). The second kappa shape index (κ2) is 15.4. The molecule has 12 nitrogen and oxygen atoms in total. The minimum absolute atomic E-state index is 0.340. The molecule has 2 heterocycles. The van der Waals surface area contributed by atoms with Crippen molar-refractivity contribution in [3.05, 3.63) is 65.9 Å². The zero-order valence-electron chi connectivity index (χ0n) is 28.4. The number of likely N-dealkylation sites (tertiary alicyclic amines) is 2. The van der Waals surface area contributed by atoms with Crippen LogP contribution in [0.3, 0.4) is 0 Å². The van der Waals surface area contributed by atoms with E-state index in [1.807, 2.05) is 0 Å². The Bertz CT molecular complexity index is 1500. The Balaban J connectivity index is 1.23. The van der Waals surface area contributed by atoms with E-state index in [2.05, 4.69) is 0 Å². The maximum atomic E-state index is 12.7. The van der Waals surface area contributed by atoms with Crippen molar-refractivity contribution in [2.75, 3.05) is 19.7 Å². The first-order valence-corrected chi connectivity index (χ1v) is 16.0. The molecule has 258 valence electrons. The van der Waals surface area contributed by atoms with E-state index in [0.29, 0.717) is 55.8 Å². The normalized spacial score (nSPS) is 18.0. The van der Waals surface area contributed by atoms with Crippen molar-refractivity contribution in [1.29, 1.82) is 0 Å². The number of carbonyl (C=O) groups excluding carboxylic acids is 5. The van der Waals surface area contributed by atoms with Gasteiger partial charge in [-0.3, -0.25) is 14.6 Å². The number of nitrogens with zero attached hydrogens (tertiary/aromatic N) is 2. The first-order chi connectivity index (χ1) is 22.6. The van der Waals surface area contributed by atoms with Crippen LogP contribution in [0.25, 0.3) is 6.08 Å². The van der Waals surface area contributed by atoms with E-state index in [-0.39, 0.29) is 5.78 Å². The Morgan fingerprint density at radius 1 is 0.708 bits per heavy atom. The molecule has 2 fully saturated rings. The molecule has 2 aromatic rings. The van der Waals surface area contributed by atoms with Crippen molar-refractivity contribution < 1.29 is 47.7 Å². The number of Topliss-reactive ketones (excluding diaryl/α,β-unsaturated/α-hetero) is 1. The summed E-state index contributed by atoms with van der Waals surface area (Å²) in [6, 6.07) is 12.0. The lowest BCUT2D eigenvalue weighted by Crippen LogP contribution is -2.44. The Morgan fingerprint density at radius 3 is 1.69 bits per heavy atom. The minimum Gasteiger partial charge on any atom is -0.457 e. The van der Waals surface area contributed by atoms with Crippen molar-refractivity contribution in [2.45, 2.75) is 90.5 Å². The third-order valence-electron chi connectivity index (χ3n) is 7.39. The standard InChI is InChI=1S/C36H44N2O10/c1-35(2,3)47-33(42)37-20-7-9-28(37)31(40)44-22-19-24-11-15-26(16-12-24)46-27-17-13-25(14-18-27)30(39)23-45-32(41)29-10-8-21-38(29)34(43)48-36(4,5)6/h11-19,22,28-29H,7-10,20-21,23H2,1-6H3. The van der Waals surface area contributed by atoms with Crippen LogP contribution in [0.1, 0.15) is 83.1 Å². The highest BCUT2D eigenvalue weighted by Crippen LogP contribution is 2.25. The monoisotopic (exact) mass is 664 g/mol. The lowest BCUT2D eigenvalue weighted by molar-refractivity contribution is -0.147. The Hall–Kier alpha value is -4.87. The average molecular weight is 665 g/mol. The smallest absolute Gasteiger partial charge is 0.411 e. The predicted molar refractivity (Wildman–Crippen MR) is 175 cm³/mol. The van der Waals surface area contributed by atoms with Crippen LogP contribution < -0.4 is 4.74 Å². The maximum Gasteiger partial charge on any atom is 0.411 e. The molecule has 2 aromatic carbocycles. The molecule has 12 heteroatoms. The van der Waals surface area contributed by atoms with E-state index < -0.39 is 54.0 Å². The number of amides is 2. The van der Waals surface area contributed by atoms with E-state index in [1.165, 1.54) is 16.1 Å². The van der Waals surface area contributed by atoms with Gasteiger partial charge < -0.3 is 23.7 Å². The molecule has 0 N–H and O–H groups in total. The summed E-state index contributed by atoms with van der Waals surface area (Å²) < 4.78 is 27.2. The lowest BCUT2D eigenvalue weighted by Gasteiger charge is -2.27. The number of esters is 2. The summed E-state index contributed by atoms with van der Waals surface area (Å²) in [4.78, 5) is 65.7. The summed E-state index contributed by atoms with van der Waals surface area (Å²) in [6.07, 6.45) is 4.10. The van der Waals surface area contributed by atoms with Crippen LogP contribution in [0.15, 0.2) is 54.8 Å². The molecule has 0 aliphatic carbocycles. The highest BCUT2D eigenvalue weighted by molar-refractivity contribution is 5.98. The molecule has 0 bridgehead atoms. The summed E-state index contributed by atoms with van der Waals surface area (Å²) in [5, 5.41) is 0. The quantitative estimate of drug-likeness (QED) is 0.126. The molecule has 2 atom stereocenters. The molecule has 0 saturated carbocycles. The lowest BCUT2D eigenvalue weighted by atomic mass is 10.1. The molecule has 2 saturated heterocycles. The van der Waals surface area contributed by atoms with Crippen molar-refractivity contribution >= 4 is 36.0 Å². The molecular weight excluding hydrogens is 620 g/mol. The first-order valence-electron chi connectivity index (χ1n) is 16.0. The van der Waals surface area contributed by atoms with E-state index in [1.54, 1.807) is 96.1 Å². The Kier molecular flexibility index (Phi) is 11.5. The van der Waals surface area contributed by atoms with Gasteiger partial charge in [-0.15, -0.1) is 0 Å². The third-order valence-corrected chi connectivity index (χ3v) is 7.39. The molecule has 0 aromatic heterocycles. The van der Waals surface area contributed by atoms with Crippen LogP contribution >= 0.6 is 0 Å². The van der Waals surface area contributed by atoms with Gasteiger partial charge in [0.25, 0.3) is 0 Å². The largest absolute Gasteiger partial charge is 0.457 e. The van der Waals surface area contributed by atoms with Crippen LogP contribution in [-0.4, -0.2) is 82.7 Å². The number of ketones is 1. The van der Waals surface area contributed by atoms with Gasteiger partial charge in [-0.05, 0) is 115 Å². The van der Waals surface area contributed by atoms with Gasteiger partial charge in [0.2, 0.25) is 0 Å². The average Bonchev–Trinajstić information content (AvgIpc) is 3.70. The molecule has 48 heavy (non-hydrogen) atoms. The third kappa shape index (κ3) is 10.3. The molecular formula is C36H44N2O10. The van der Waals surface area contributed by atoms with E-state index >= 15 is 0 Å². The van der Waals surface area contributed by atoms with Crippen LogP contribution in [0.2, 0.25) is 0 Å². The summed E-state index contributed by atoms with van der Waals surface area (Å²) >= 11 is 0. The van der Waals surface area contributed by atoms with Gasteiger partial charge >= 0.3 is 24.1 Å². The highest BCUT2D eigenvalue weighted by Gasteiger charge is 2.39. The van der Waals surface area contributed by atoms with Crippen LogP contribution in [0.4, 0.5) is 9.59 Å². The summed E-state index contributed by atoms with van der Waals surface area (Å²) in [5.74, 6) is -0.512. The first kappa shape index (κ1) is 36.0. The molecule has 0 radical (unpaired) electrons. The van der Waals surface area contributed by atoms with Crippen molar-refractivity contribution in [2.24, 2.45) is 0 Å². The zero-order chi connectivity index (χ0) is 35.1. The van der Waals surface area contributed by atoms with Gasteiger partial charge in [0.05, 0.1) is 6.26 Å². The van der Waals surface area contributed by atoms with Gasteiger partial charge in [0, 0.05) is 18.7 Å². The second-order valence-corrected chi connectivity index (χ2v) is 13.6. The second-order valence-electron chi connectivity index (χ2n) is 13.6. The fourth-order valence-electron chi connectivity index (χ4n) is 5.17. The van der Waals surface area contributed by atoms with Gasteiger partial charge in [0.1, 0.15) is 34.8 Å². The van der Waals surface area contributed by atoms with Gasteiger partial charge in [-0.25, -0.2) is 19.2 Å². The predicted octanol–water partition coefficient (Wildman–Crippen LogP) is 6.52. The Morgan fingerprint density at radius 2 is 1.19 bits per heavy atom. The molecule has 2 aliphatic heterocycles. The summed E-state index contributed by atoms with van der Waals surface area (Å²) in [5.41, 5.74) is -0.249. The van der Waals surface area contributed by atoms with Crippen molar-refractivity contribution in [1.82, 2.24) is 9.80 Å². The van der Waals surface area contributed by atoms with Crippen molar-refractivity contribution in [3.8, 4) is 11.5 Å². The summed E-state index contributed by atoms with van der Waals surface area (Å²) in [7, 11) is 0. The number of hydrogen-bond donors (Lipinski definition) is 0. The fourth-order valence-corrected chi connectivity index (χ4v) is 5.17. The molecule has 0 spiro atoms. The van der Waals surface area contributed by atoms with Crippen LogP contribution in [-0.2, 0) is 28.5 Å². The molecule has 2 aliphatic rings. The molecule has 2 unspecified atom stereocenters. The topological polar surface area (TPSA) is 138 Å². The maximum absolute atomic E-state index is 12.7. The molecule has 2 amide bonds. The van der Waals surface area contributed by atoms with Crippen LogP contribution in [0.5, 0.6) is 11.5 Å². The van der Waals surface area contributed by atoms with Gasteiger partial charge in [-0.1, -0.05) is 12.1 Å².